The molecule has 1 saturated carbocycles. The highest BCUT2D eigenvalue weighted by Gasteiger charge is 2.17. The Morgan fingerprint density at radius 1 is 1.06 bits per heavy atom. The van der Waals surface area contributed by atoms with Gasteiger partial charge < -0.3 is 10.1 Å². The summed E-state index contributed by atoms with van der Waals surface area (Å²) in [4.78, 5) is 0. The van der Waals surface area contributed by atoms with Gasteiger partial charge in [-0.3, -0.25) is 0 Å². The zero-order valence-corrected chi connectivity index (χ0v) is 12.2. The fraction of sp³-hybridized carbons (Fsp3) is 1.00. The van der Waals surface area contributed by atoms with Gasteiger partial charge in [0.1, 0.15) is 0 Å². The minimum atomic E-state index is 0.00118. The lowest BCUT2D eigenvalue weighted by Gasteiger charge is -2.26. The fourth-order valence-electron chi connectivity index (χ4n) is 2.48. The molecular weight excluding hydrogens is 210 g/mol. The van der Waals surface area contributed by atoms with Crippen molar-refractivity contribution >= 4 is 0 Å². The van der Waals surface area contributed by atoms with E-state index in [0.717, 1.165) is 31.5 Å². The number of hydrogen-bond donors (Lipinski definition) is 1. The SMILES string of the molecule is CC1CCC(CCNCCOC(C)(C)C)CC1. The molecule has 0 radical (unpaired) electrons. The van der Waals surface area contributed by atoms with Crippen molar-refractivity contribution in [1.82, 2.24) is 5.32 Å². The standard InChI is InChI=1S/C15H31NO/c1-13-5-7-14(8-6-13)9-10-16-11-12-17-15(2,3)4/h13-14,16H,5-12H2,1-4H3. The largest absolute Gasteiger partial charge is 0.375 e. The molecular formula is C15H31NO. The van der Waals surface area contributed by atoms with Crippen LogP contribution in [0, 0.1) is 11.8 Å². The highest BCUT2D eigenvalue weighted by Crippen LogP contribution is 2.29. The second-order valence-corrected chi connectivity index (χ2v) is 6.63. The Balaban J connectivity index is 1.91. The molecule has 0 atom stereocenters. The van der Waals surface area contributed by atoms with E-state index in [9.17, 15) is 0 Å². The van der Waals surface area contributed by atoms with Gasteiger partial charge in [0, 0.05) is 6.54 Å². The maximum atomic E-state index is 5.67. The van der Waals surface area contributed by atoms with E-state index in [2.05, 4.69) is 33.0 Å². The zero-order chi connectivity index (χ0) is 12.7. The van der Waals surface area contributed by atoms with Crippen LogP contribution in [0.2, 0.25) is 0 Å². The van der Waals surface area contributed by atoms with Gasteiger partial charge in [0.25, 0.3) is 0 Å². The van der Waals surface area contributed by atoms with E-state index in [1.54, 1.807) is 0 Å². The van der Waals surface area contributed by atoms with Crippen LogP contribution >= 0.6 is 0 Å². The third-order valence-electron chi connectivity index (χ3n) is 3.68. The van der Waals surface area contributed by atoms with Crippen LogP contribution in [-0.4, -0.2) is 25.3 Å². The van der Waals surface area contributed by atoms with Gasteiger partial charge in [-0.05, 0) is 45.6 Å². The summed E-state index contributed by atoms with van der Waals surface area (Å²) in [6, 6.07) is 0. The maximum Gasteiger partial charge on any atom is 0.0599 e. The first-order valence-corrected chi connectivity index (χ1v) is 7.32. The summed E-state index contributed by atoms with van der Waals surface area (Å²) in [6.45, 7) is 11.7. The Hall–Kier alpha value is -0.0800. The Labute approximate surface area is 108 Å². The molecule has 0 bridgehead atoms. The quantitative estimate of drug-likeness (QED) is 0.717. The molecule has 0 aliphatic heterocycles. The predicted molar refractivity (Wildman–Crippen MR) is 74.3 cm³/mol. The summed E-state index contributed by atoms with van der Waals surface area (Å²) in [5.41, 5.74) is 0.00118. The van der Waals surface area contributed by atoms with Gasteiger partial charge in [0.2, 0.25) is 0 Å². The number of hydrogen-bond acceptors (Lipinski definition) is 2. The Bertz CT molecular complexity index is 190. The zero-order valence-electron chi connectivity index (χ0n) is 12.2. The van der Waals surface area contributed by atoms with Gasteiger partial charge in [0.05, 0.1) is 12.2 Å². The molecule has 2 nitrogen and oxygen atoms in total. The molecule has 0 aromatic heterocycles. The van der Waals surface area contributed by atoms with Crippen LogP contribution in [0.25, 0.3) is 0 Å². The lowest BCUT2D eigenvalue weighted by atomic mass is 9.81. The molecule has 17 heavy (non-hydrogen) atoms. The molecule has 0 spiro atoms. The van der Waals surface area contributed by atoms with Gasteiger partial charge in [0.15, 0.2) is 0 Å². The number of rotatable bonds is 6. The van der Waals surface area contributed by atoms with Crippen molar-refractivity contribution in [3.63, 3.8) is 0 Å². The molecule has 0 saturated heterocycles. The van der Waals surface area contributed by atoms with Gasteiger partial charge >= 0.3 is 0 Å². The van der Waals surface area contributed by atoms with Crippen molar-refractivity contribution in [2.75, 3.05) is 19.7 Å². The van der Waals surface area contributed by atoms with E-state index in [-0.39, 0.29) is 5.60 Å². The molecule has 1 aliphatic rings. The Morgan fingerprint density at radius 3 is 2.29 bits per heavy atom. The van der Waals surface area contributed by atoms with Crippen LogP contribution in [0.15, 0.2) is 0 Å². The number of nitrogens with one attached hydrogen (secondary N) is 1. The highest BCUT2D eigenvalue weighted by atomic mass is 16.5. The lowest BCUT2D eigenvalue weighted by Crippen LogP contribution is -2.28. The third kappa shape index (κ3) is 7.77. The lowest BCUT2D eigenvalue weighted by molar-refractivity contribution is -0.000859. The molecule has 0 aromatic carbocycles. The molecule has 1 rings (SSSR count). The molecule has 0 aromatic rings. The van der Waals surface area contributed by atoms with E-state index in [1.165, 1.54) is 32.1 Å². The summed E-state index contributed by atoms with van der Waals surface area (Å²) < 4.78 is 5.67. The van der Waals surface area contributed by atoms with Crippen molar-refractivity contribution in [3.8, 4) is 0 Å². The Morgan fingerprint density at radius 2 is 1.71 bits per heavy atom. The van der Waals surface area contributed by atoms with Crippen LogP contribution < -0.4 is 5.32 Å². The summed E-state index contributed by atoms with van der Waals surface area (Å²) in [6.07, 6.45) is 7.13. The summed E-state index contributed by atoms with van der Waals surface area (Å²) in [5.74, 6) is 1.95. The van der Waals surface area contributed by atoms with Crippen LogP contribution in [0.4, 0.5) is 0 Å². The summed E-state index contributed by atoms with van der Waals surface area (Å²) in [5, 5.41) is 3.49. The first-order valence-electron chi connectivity index (χ1n) is 7.32. The van der Waals surface area contributed by atoms with Crippen molar-refractivity contribution in [1.29, 1.82) is 0 Å². The van der Waals surface area contributed by atoms with Gasteiger partial charge in [-0.1, -0.05) is 32.6 Å². The molecule has 0 heterocycles. The van der Waals surface area contributed by atoms with E-state index in [1.807, 2.05) is 0 Å². The van der Waals surface area contributed by atoms with Crippen LogP contribution in [-0.2, 0) is 4.74 Å². The van der Waals surface area contributed by atoms with Gasteiger partial charge in [-0.25, -0.2) is 0 Å². The maximum absolute atomic E-state index is 5.67. The van der Waals surface area contributed by atoms with E-state index in [4.69, 9.17) is 4.74 Å². The van der Waals surface area contributed by atoms with E-state index in [0.29, 0.717) is 0 Å². The van der Waals surface area contributed by atoms with Crippen LogP contribution in [0.5, 0.6) is 0 Å². The summed E-state index contributed by atoms with van der Waals surface area (Å²) in [7, 11) is 0. The molecule has 1 aliphatic carbocycles. The molecule has 2 heteroatoms. The van der Waals surface area contributed by atoms with Crippen molar-refractivity contribution in [2.24, 2.45) is 11.8 Å². The molecule has 1 N–H and O–H groups in total. The Kier molecular flexibility index (Phi) is 6.50. The molecule has 102 valence electrons. The summed E-state index contributed by atoms with van der Waals surface area (Å²) >= 11 is 0. The van der Waals surface area contributed by atoms with Gasteiger partial charge in [-0.2, -0.15) is 0 Å². The molecule has 0 unspecified atom stereocenters. The van der Waals surface area contributed by atoms with Crippen molar-refractivity contribution < 1.29 is 4.74 Å². The van der Waals surface area contributed by atoms with Crippen LogP contribution in [0.1, 0.15) is 59.8 Å². The fourth-order valence-corrected chi connectivity index (χ4v) is 2.48. The third-order valence-corrected chi connectivity index (χ3v) is 3.68. The minimum absolute atomic E-state index is 0.00118. The first kappa shape index (κ1) is 15.0. The molecule has 1 fully saturated rings. The minimum Gasteiger partial charge on any atom is -0.375 e. The predicted octanol–water partition coefficient (Wildman–Crippen LogP) is 3.61. The topological polar surface area (TPSA) is 21.3 Å². The second kappa shape index (κ2) is 7.38. The van der Waals surface area contributed by atoms with E-state index >= 15 is 0 Å². The average Bonchev–Trinajstić information content (AvgIpc) is 2.24. The van der Waals surface area contributed by atoms with Crippen molar-refractivity contribution in [3.05, 3.63) is 0 Å². The molecule has 0 amide bonds. The monoisotopic (exact) mass is 241 g/mol. The second-order valence-electron chi connectivity index (χ2n) is 6.63. The average molecular weight is 241 g/mol. The van der Waals surface area contributed by atoms with Crippen molar-refractivity contribution in [2.45, 2.75) is 65.4 Å². The van der Waals surface area contributed by atoms with Gasteiger partial charge in [-0.15, -0.1) is 0 Å². The number of ether oxygens (including phenoxy) is 1. The smallest absolute Gasteiger partial charge is 0.0599 e. The normalized spacial score (nSPS) is 26.1. The van der Waals surface area contributed by atoms with Crippen LogP contribution in [0.3, 0.4) is 0 Å². The van der Waals surface area contributed by atoms with E-state index < -0.39 is 0 Å². The highest BCUT2D eigenvalue weighted by molar-refractivity contribution is 4.70. The first-order chi connectivity index (χ1) is 7.97.